The van der Waals surface area contributed by atoms with E-state index in [0.717, 1.165) is 0 Å². The van der Waals surface area contributed by atoms with Gasteiger partial charge in [-0.05, 0) is 31.2 Å². The Kier molecular flexibility index (Phi) is 5.57. The molecule has 1 aliphatic heterocycles. The molecule has 1 saturated heterocycles. The summed E-state index contributed by atoms with van der Waals surface area (Å²) in [6.07, 6.45) is -3.18. The van der Waals surface area contributed by atoms with E-state index in [9.17, 15) is 14.7 Å². The van der Waals surface area contributed by atoms with Crippen molar-refractivity contribution in [2.45, 2.75) is 44.9 Å². The molecule has 2 rings (SSSR count). The fourth-order valence-corrected chi connectivity index (χ4v) is 2.43. The molecule has 0 aliphatic carbocycles. The first kappa shape index (κ1) is 17.2. The van der Waals surface area contributed by atoms with Crippen molar-refractivity contribution in [3.8, 4) is 5.75 Å². The Bertz CT molecular complexity index is 554. The smallest absolute Gasteiger partial charge is 0.338 e. The highest BCUT2D eigenvalue weighted by atomic mass is 16.7. The number of carbonyl (C=O) groups is 2. The normalized spacial score (nSPS) is 27.1. The Labute approximate surface area is 134 Å². The van der Waals surface area contributed by atoms with Crippen molar-refractivity contribution in [3.05, 3.63) is 29.8 Å². The summed E-state index contributed by atoms with van der Waals surface area (Å²) in [5.74, 6) is -0.458. The topological polar surface area (TPSA) is 91.3 Å². The van der Waals surface area contributed by atoms with Gasteiger partial charge in [-0.1, -0.05) is 0 Å². The van der Waals surface area contributed by atoms with Crippen LogP contribution in [0, 0.1) is 0 Å². The van der Waals surface area contributed by atoms with E-state index in [1.807, 2.05) is 0 Å². The second kappa shape index (κ2) is 7.43. The van der Waals surface area contributed by atoms with E-state index in [-0.39, 0.29) is 6.42 Å². The molecule has 7 heteroatoms. The highest BCUT2D eigenvalue weighted by Crippen LogP contribution is 2.25. The summed E-state index contributed by atoms with van der Waals surface area (Å²) in [7, 11) is 1.53. The Balaban J connectivity index is 2.10. The molecular weight excluding hydrogens is 304 g/mol. The minimum absolute atomic E-state index is 0.0461. The minimum Gasteiger partial charge on any atom is -0.497 e. The predicted octanol–water partition coefficient (Wildman–Crippen LogP) is 1.28. The monoisotopic (exact) mass is 324 g/mol. The molecule has 0 unspecified atom stereocenters. The summed E-state index contributed by atoms with van der Waals surface area (Å²) >= 11 is 0. The average Bonchev–Trinajstić information content (AvgIpc) is 2.50. The summed E-state index contributed by atoms with van der Waals surface area (Å²) in [6.45, 7) is 2.90. The van der Waals surface area contributed by atoms with Crippen LogP contribution in [0.15, 0.2) is 24.3 Å². The minimum atomic E-state index is -1.06. The lowest BCUT2D eigenvalue weighted by molar-refractivity contribution is -0.233. The molecule has 1 N–H and O–H groups in total. The number of esters is 2. The highest BCUT2D eigenvalue weighted by molar-refractivity contribution is 5.89. The van der Waals surface area contributed by atoms with Crippen LogP contribution in [0.1, 0.15) is 30.6 Å². The molecule has 0 saturated carbocycles. The Morgan fingerprint density at radius 2 is 1.87 bits per heavy atom. The van der Waals surface area contributed by atoms with Gasteiger partial charge in [-0.25, -0.2) is 4.79 Å². The van der Waals surface area contributed by atoms with Crippen LogP contribution in [0.2, 0.25) is 0 Å². The number of aliphatic hydroxyl groups is 1. The zero-order valence-electron chi connectivity index (χ0n) is 13.2. The van der Waals surface area contributed by atoms with Crippen LogP contribution in [-0.4, -0.2) is 48.8 Å². The molecule has 23 heavy (non-hydrogen) atoms. The third kappa shape index (κ3) is 4.43. The van der Waals surface area contributed by atoms with Crippen LogP contribution < -0.4 is 4.74 Å². The van der Waals surface area contributed by atoms with Gasteiger partial charge in [-0.3, -0.25) is 4.79 Å². The molecule has 1 aromatic rings. The van der Waals surface area contributed by atoms with Gasteiger partial charge in [0.1, 0.15) is 11.9 Å². The largest absolute Gasteiger partial charge is 0.497 e. The van der Waals surface area contributed by atoms with Crippen molar-refractivity contribution in [2.75, 3.05) is 7.11 Å². The molecule has 1 aromatic carbocycles. The zero-order valence-corrected chi connectivity index (χ0v) is 13.2. The van der Waals surface area contributed by atoms with Crippen LogP contribution in [0.25, 0.3) is 0 Å². The van der Waals surface area contributed by atoms with Crippen molar-refractivity contribution >= 4 is 11.9 Å². The molecule has 0 aromatic heterocycles. The zero-order chi connectivity index (χ0) is 17.0. The van der Waals surface area contributed by atoms with Crippen molar-refractivity contribution < 1.29 is 33.6 Å². The molecular formula is C16H20O7. The SMILES string of the molecule is COc1ccc(C(=O)O[C@H]2[C@@H](OC(C)=O)C[C@@H](O)O[C@@H]2C)cc1. The van der Waals surface area contributed by atoms with Crippen LogP contribution >= 0.6 is 0 Å². The lowest BCUT2D eigenvalue weighted by Gasteiger charge is -2.37. The maximum absolute atomic E-state index is 12.2. The van der Waals surface area contributed by atoms with E-state index in [4.69, 9.17) is 18.9 Å². The number of methoxy groups -OCH3 is 1. The van der Waals surface area contributed by atoms with Gasteiger partial charge in [-0.15, -0.1) is 0 Å². The highest BCUT2D eigenvalue weighted by Gasteiger charge is 2.40. The molecule has 7 nitrogen and oxygen atoms in total. The molecule has 4 atom stereocenters. The number of hydrogen-bond donors (Lipinski definition) is 1. The number of ether oxygens (including phenoxy) is 4. The molecule has 0 radical (unpaired) electrons. The number of aliphatic hydroxyl groups excluding tert-OH is 1. The fourth-order valence-electron chi connectivity index (χ4n) is 2.43. The molecule has 0 amide bonds. The van der Waals surface area contributed by atoms with E-state index in [0.29, 0.717) is 11.3 Å². The number of rotatable bonds is 4. The van der Waals surface area contributed by atoms with Crippen molar-refractivity contribution in [1.82, 2.24) is 0 Å². The lowest BCUT2D eigenvalue weighted by Crippen LogP contribution is -2.50. The molecule has 1 fully saturated rings. The fraction of sp³-hybridized carbons (Fsp3) is 0.500. The third-order valence-corrected chi connectivity index (χ3v) is 3.52. The summed E-state index contributed by atoms with van der Waals surface area (Å²) in [5.41, 5.74) is 0.339. The van der Waals surface area contributed by atoms with Crippen LogP contribution in [-0.2, 0) is 19.0 Å². The average molecular weight is 324 g/mol. The first-order chi connectivity index (χ1) is 10.9. The van der Waals surface area contributed by atoms with Crippen LogP contribution in [0.4, 0.5) is 0 Å². The number of carbonyl (C=O) groups excluding carboxylic acids is 2. The Morgan fingerprint density at radius 3 is 2.43 bits per heavy atom. The van der Waals surface area contributed by atoms with E-state index >= 15 is 0 Å². The molecule has 0 spiro atoms. The lowest BCUT2D eigenvalue weighted by atomic mass is 10.0. The maximum Gasteiger partial charge on any atom is 0.338 e. The maximum atomic E-state index is 12.2. The van der Waals surface area contributed by atoms with Crippen molar-refractivity contribution in [3.63, 3.8) is 0 Å². The second-order valence-electron chi connectivity index (χ2n) is 5.28. The van der Waals surface area contributed by atoms with Gasteiger partial charge in [0.2, 0.25) is 0 Å². The molecule has 126 valence electrons. The Hall–Kier alpha value is -2.12. The second-order valence-corrected chi connectivity index (χ2v) is 5.28. The van der Waals surface area contributed by atoms with Gasteiger partial charge in [0.25, 0.3) is 0 Å². The van der Waals surface area contributed by atoms with Gasteiger partial charge in [0.05, 0.1) is 18.8 Å². The van der Waals surface area contributed by atoms with E-state index < -0.39 is 36.5 Å². The summed E-state index contributed by atoms with van der Waals surface area (Å²) in [5, 5.41) is 9.62. The van der Waals surface area contributed by atoms with Gasteiger partial charge in [0.15, 0.2) is 12.4 Å². The summed E-state index contributed by atoms with van der Waals surface area (Å²) < 4.78 is 20.9. The first-order valence-corrected chi connectivity index (χ1v) is 7.26. The first-order valence-electron chi connectivity index (χ1n) is 7.26. The summed E-state index contributed by atoms with van der Waals surface area (Å²) in [6, 6.07) is 6.44. The third-order valence-electron chi connectivity index (χ3n) is 3.52. The van der Waals surface area contributed by atoms with Gasteiger partial charge < -0.3 is 24.1 Å². The number of hydrogen-bond acceptors (Lipinski definition) is 7. The standard InChI is InChI=1S/C16H20O7/c1-9-15(13(22-10(2)17)8-14(18)21-9)23-16(19)11-4-6-12(20-3)7-5-11/h4-7,9,13-15,18H,8H2,1-3H3/t9-,13+,14+,15-/m1/s1. The van der Waals surface area contributed by atoms with Crippen molar-refractivity contribution in [2.24, 2.45) is 0 Å². The molecule has 1 heterocycles. The van der Waals surface area contributed by atoms with Crippen LogP contribution in [0.5, 0.6) is 5.75 Å². The predicted molar refractivity (Wildman–Crippen MR) is 78.9 cm³/mol. The molecule has 1 aliphatic rings. The summed E-state index contributed by atoms with van der Waals surface area (Å²) in [4.78, 5) is 23.4. The van der Waals surface area contributed by atoms with E-state index in [1.54, 1.807) is 31.2 Å². The molecule has 0 bridgehead atoms. The van der Waals surface area contributed by atoms with Crippen LogP contribution in [0.3, 0.4) is 0 Å². The quantitative estimate of drug-likeness (QED) is 0.834. The van der Waals surface area contributed by atoms with Gasteiger partial charge in [-0.2, -0.15) is 0 Å². The van der Waals surface area contributed by atoms with E-state index in [2.05, 4.69) is 0 Å². The number of benzene rings is 1. The van der Waals surface area contributed by atoms with Gasteiger partial charge >= 0.3 is 11.9 Å². The van der Waals surface area contributed by atoms with E-state index in [1.165, 1.54) is 14.0 Å². The Morgan fingerprint density at radius 1 is 1.22 bits per heavy atom. The van der Waals surface area contributed by atoms with Crippen molar-refractivity contribution in [1.29, 1.82) is 0 Å². The van der Waals surface area contributed by atoms with Gasteiger partial charge in [0, 0.05) is 13.3 Å².